The summed E-state index contributed by atoms with van der Waals surface area (Å²) >= 11 is 0. The molecular weight excluding hydrogens is 238 g/mol. The Balaban J connectivity index is 1.91. The third-order valence-electron chi connectivity index (χ3n) is 3.89. The number of nitrogens with zero attached hydrogens (tertiary/aromatic N) is 1. The molecule has 0 radical (unpaired) electrons. The van der Waals surface area contributed by atoms with E-state index in [1.54, 1.807) is 7.11 Å². The fourth-order valence-electron chi connectivity index (χ4n) is 2.62. The molecule has 0 aromatic heterocycles. The first kappa shape index (κ1) is 14.0. The maximum atomic E-state index is 6.06. The second-order valence-electron chi connectivity index (χ2n) is 5.25. The summed E-state index contributed by atoms with van der Waals surface area (Å²) < 4.78 is 5.23. The van der Waals surface area contributed by atoms with Gasteiger partial charge in [-0.15, -0.1) is 0 Å². The topological polar surface area (TPSA) is 50.5 Å². The molecule has 1 aliphatic heterocycles. The number of rotatable bonds is 5. The van der Waals surface area contributed by atoms with Crippen molar-refractivity contribution < 1.29 is 4.74 Å². The second-order valence-corrected chi connectivity index (χ2v) is 5.25. The highest BCUT2D eigenvalue weighted by Gasteiger charge is 2.16. The summed E-state index contributed by atoms with van der Waals surface area (Å²) in [7, 11) is 1.64. The molecule has 1 saturated heterocycles. The van der Waals surface area contributed by atoms with Crippen molar-refractivity contribution in [3.8, 4) is 5.75 Å². The van der Waals surface area contributed by atoms with Gasteiger partial charge in [-0.2, -0.15) is 0 Å². The lowest BCUT2D eigenvalue weighted by Gasteiger charge is -2.32. The van der Waals surface area contributed by atoms with Crippen LogP contribution >= 0.6 is 0 Å². The lowest BCUT2D eigenvalue weighted by atomic mass is 10.1. The first-order valence-electron chi connectivity index (χ1n) is 7.12. The van der Waals surface area contributed by atoms with Gasteiger partial charge in [0.15, 0.2) is 0 Å². The van der Waals surface area contributed by atoms with E-state index < -0.39 is 0 Å². The molecule has 1 aliphatic rings. The Kier molecular flexibility index (Phi) is 4.91. The third-order valence-corrected chi connectivity index (χ3v) is 3.89. The first-order valence-corrected chi connectivity index (χ1v) is 7.12. The number of piperidine rings is 1. The predicted octanol–water partition coefficient (Wildman–Crippen LogP) is 2.56. The molecule has 1 heterocycles. The number of ether oxygens (including phenoxy) is 1. The molecule has 3 N–H and O–H groups in total. The van der Waals surface area contributed by atoms with E-state index in [1.807, 2.05) is 18.2 Å². The molecule has 4 heteroatoms. The van der Waals surface area contributed by atoms with Gasteiger partial charge < -0.3 is 15.8 Å². The van der Waals surface area contributed by atoms with Crippen LogP contribution in [-0.2, 0) is 0 Å². The molecule has 106 valence electrons. The molecule has 1 aromatic carbocycles. The monoisotopic (exact) mass is 263 g/mol. The number of nitrogens with one attached hydrogen (secondary N) is 1. The lowest BCUT2D eigenvalue weighted by Crippen LogP contribution is -2.41. The number of hydrogen-bond acceptors (Lipinski definition) is 4. The highest BCUT2D eigenvalue weighted by atomic mass is 16.5. The van der Waals surface area contributed by atoms with Crippen molar-refractivity contribution in [3.05, 3.63) is 18.2 Å². The Bertz CT molecular complexity index is 402. The standard InChI is InChI=1S/C15H25N3O/c1-12(18-9-4-3-5-10-18)11-17-13-7-6-8-14(19-2)15(13)16/h6-8,12,17H,3-5,9-11,16H2,1-2H3. The van der Waals surface area contributed by atoms with Crippen molar-refractivity contribution in [2.45, 2.75) is 32.2 Å². The van der Waals surface area contributed by atoms with Gasteiger partial charge >= 0.3 is 0 Å². The van der Waals surface area contributed by atoms with Gasteiger partial charge in [-0.3, -0.25) is 4.90 Å². The zero-order valence-corrected chi connectivity index (χ0v) is 12.0. The van der Waals surface area contributed by atoms with Gasteiger partial charge in [0.05, 0.1) is 18.5 Å². The van der Waals surface area contributed by atoms with E-state index in [2.05, 4.69) is 17.1 Å². The quantitative estimate of drug-likeness (QED) is 0.802. The highest BCUT2D eigenvalue weighted by molar-refractivity contribution is 5.72. The summed E-state index contributed by atoms with van der Waals surface area (Å²) in [5.74, 6) is 0.732. The Hall–Kier alpha value is -1.42. The summed E-state index contributed by atoms with van der Waals surface area (Å²) in [6.45, 7) is 5.62. The Morgan fingerprint density at radius 1 is 1.32 bits per heavy atom. The molecule has 0 bridgehead atoms. The summed E-state index contributed by atoms with van der Waals surface area (Å²) in [6, 6.07) is 6.38. The Morgan fingerprint density at radius 2 is 2.05 bits per heavy atom. The molecular formula is C15H25N3O. The van der Waals surface area contributed by atoms with Gasteiger partial charge in [0.1, 0.15) is 5.75 Å². The fraction of sp³-hybridized carbons (Fsp3) is 0.600. The number of para-hydroxylation sites is 1. The molecule has 2 rings (SSSR count). The minimum Gasteiger partial charge on any atom is -0.495 e. The van der Waals surface area contributed by atoms with Crippen molar-refractivity contribution in [3.63, 3.8) is 0 Å². The molecule has 0 aliphatic carbocycles. The van der Waals surface area contributed by atoms with Crippen molar-refractivity contribution >= 4 is 11.4 Å². The van der Waals surface area contributed by atoms with Gasteiger partial charge in [-0.25, -0.2) is 0 Å². The van der Waals surface area contributed by atoms with E-state index in [0.29, 0.717) is 11.7 Å². The van der Waals surface area contributed by atoms with Crippen LogP contribution in [0.2, 0.25) is 0 Å². The van der Waals surface area contributed by atoms with Crippen molar-refractivity contribution in [2.75, 3.05) is 37.8 Å². The number of nitrogens with two attached hydrogens (primary N) is 1. The molecule has 1 unspecified atom stereocenters. The molecule has 1 atom stereocenters. The van der Waals surface area contributed by atoms with E-state index in [0.717, 1.165) is 18.0 Å². The van der Waals surface area contributed by atoms with Gasteiger partial charge in [-0.05, 0) is 45.0 Å². The zero-order valence-electron chi connectivity index (χ0n) is 12.0. The number of nitrogen functional groups attached to an aromatic ring is 1. The summed E-state index contributed by atoms with van der Waals surface area (Å²) in [5, 5.41) is 3.44. The average Bonchev–Trinajstić information content (AvgIpc) is 2.47. The smallest absolute Gasteiger partial charge is 0.143 e. The molecule has 0 amide bonds. The van der Waals surface area contributed by atoms with Gasteiger partial charge in [0.25, 0.3) is 0 Å². The third kappa shape index (κ3) is 3.53. The largest absolute Gasteiger partial charge is 0.495 e. The Labute approximate surface area is 115 Å². The van der Waals surface area contributed by atoms with Crippen LogP contribution in [0.1, 0.15) is 26.2 Å². The fourth-order valence-corrected chi connectivity index (χ4v) is 2.62. The molecule has 0 spiro atoms. The van der Waals surface area contributed by atoms with E-state index in [-0.39, 0.29) is 0 Å². The van der Waals surface area contributed by atoms with E-state index >= 15 is 0 Å². The summed E-state index contributed by atoms with van der Waals surface area (Å²) in [6.07, 6.45) is 4.02. The maximum Gasteiger partial charge on any atom is 0.143 e. The lowest BCUT2D eigenvalue weighted by molar-refractivity contribution is 0.180. The van der Waals surface area contributed by atoms with Crippen molar-refractivity contribution in [1.82, 2.24) is 4.90 Å². The van der Waals surface area contributed by atoms with Crippen molar-refractivity contribution in [1.29, 1.82) is 0 Å². The normalized spacial score (nSPS) is 18.0. The minimum absolute atomic E-state index is 0.533. The second kappa shape index (κ2) is 6.66. The van der Waals surface area contributed by atoms with Crippen LogP contribution in [0.15, 0.2) is 18.2 Å². The SMILES string of the molecule is COc1cccc(NCC(C)N2CCCCC2)c1N. The molecule has 1 aromatic rings. The summed E-state index contributed by atoms with van der Waals surface area (Å²) in [5.41, 5.74) is 7.71. The van der Waals surface area contributed by atoms with E-state index in [9.17, 15) is 0 Å². The number of hydrogen-bond donors (Lipinski definition) is 2. The number of methoxy groups -OCH3 is 1. The zero-order chi connectivity index (χ0) is 13.7. The first-order chi connectivity index (χ1) is 9.22. The number of benzene rings is 1. The van der Waals surface area contributed by atoms with Crippen LogP contribution in [0.3, 0.4) is 0 Å². The average molecular weight is 263 g/mol. The maximum absolute atomic E-state index is 6.06. The van der Waals surface area contributed by atoms with Crippen LogP contribution in [0.5, 0.6) is 5.75 Å². The molecule has 1 fully saturated rings. The van der Waals surface area contributed by atoms with Crippen LogP contribution in [-0.4, -0.2) is 37.7 Å². The van der Waals surface area contributed by atoms with Gasteiger partial charge in [0, 0.05) is 12.6 Å². The van der Waals surface area contributed by atoms with E-state index in [1.165, 1.54) is 32.4 Å². The highest BCUT2D eigenvalue weighted by Crippen LogP contribution is 2.29. The van der Waals surface area contributed by atoms with Crippen molar-refractivity contribution in [2.24, 2.45) is 0 Å². The molecule has 0 saturated carbocycles. The van der Waals surface area contributed by atoms with Crippen LogP contribution in [0, 0.1) is 0 Å². The minimum atomic E-state index is 0.533. The van der Waals surface area contributed by atoms with Gasteiger partial charge in [-0.1, -0.05) is 12.5 Å². The summed E-state index contributed by atoms with van der Waals surface area (Å²) in [4.78, 5) is 2.55. The molecule has 19 heavy (non-hydrogen) atoms. The number of anilines is 2. The Morgan fingerprint density at radius 3 is 2.74 bits per heavy atom. The predicted molar refractivity (Wildman–Crippen MR) is 80.8 cm³/mol. The van der Waals surface area contributed by atoms with Crippen LogP contribution in [0.4, 0.5) is 11.4 Å². The number of likely N-dealkylation sites (tertiary alicyclic amines) is 1. The van der Waals surface area contributed by atoms with Gasteiger partial charge in [0.2, 0.25) is 0 Å². The van der Waals surface area contributed by atoms with E-state index in [4.69, 9.17) is 10.5 Å². The molecule has 4 nitrogen and oxygen atoms in total. The van der Waals surface area contributed by atoms with Crippen LogP contribution in [0.25, 0.3) is 0 Å². The van der Waals surface area contributed by atoms with Crippen LogP contribution < -0.4 is 15.8 Å².